The molecule has 1 aromatic heterocycles. The molecule has 94 valence electrons. The van der Waals surface area contributed by atoms with Gasteiger partial charge in [-0.25, -0.2) is 4.39 Å². The molecular weight excluding hydrogens is 227 g/mol. The predicted octanol–water partition coefficient (Wildman–Crippen LogP) is 3.15. The minimum atomic E-state index is -0.200. The van der Waals surface area contributed by atoms with Gasteiger partial charge in [0, 0.05) is 11.9 Å². The van der Waals surface area contributed by atoms with E-state index in [1.807, 2.05) is 39.1 Å². The average Bonchev–Trinajstić information content (AvgIpc) is 2.34. The maximum atomic E-state index is 13.2. The molecule has 2 aromatic rings. The van der Waals surface area contributed by atoms with Crippen LogP contribution in [0, 0.1) is 19.7 Å². The summed E-state index contributed by atoms with van der Waals surface area (Å²) in [5.41, 5.74) is 4.13. The number of benzene rings is 1. The van der Waals surface area contributed by atoms with Crippen LogP contribution in [0.1, 0.15) is 28.4 Å². The van der Waals surface area contributed by atoms with E-state index >= 15 is 0 Å². The van der Waals surface area contributed by atoms with Crippen LogP contribution in [0.15, 0.2) is 36.5 Å². The molecule has 0 saturated heterocycles. The van der Waals surface area contributed by atoms with Crippen LogP contribution in [-0.4, -0.2) is 12.0 Å². The highest BCUT2D eigenvalue weighted by molar-refractivity contribution is 5.38. The van der Waals surface area contributed by atoms with Crippen molar-refractivity contribution in [2.45, 2.75) is 19.9 Å². The van der Waals surface area contributed by atoms with E-state index in [9.17, 15) is 4.39 Å². The standard InChI is InChI=1S/C15H17FN2/c1-10-9-12(16)6-7-13(10)15(17-3)14-5-4-8-18-11(14)2/h4-9,15,17H,1-3H3. The second kappa shape index (κ2) is 5.27. The Morgan fingerprint density at radius 2 is 1.94 bits per heavy atom. The third kappa shape index (κ3) is 2.41. The second-order valence-corrected chi connectivity index (χ2v) is 4.40. The largest absolute Gasteiger partial charge is 0.309 e. The molecule has 0 saturated carbocycles. The summed E-state index contributed by atoms with van der Waals surface area (Å²) in [6, 6.07) is 8.90. The number of hydrogen-bond donors (Lipinski definition) is 1. The third-order valence-electron chi connectivity index (χ3n) is 3.19. The van der Waals surface area contributed by atoms with E-state index in [2.05, 4.69) is 10.3 Å². The normalized spacial score (nSPS) is 12.4. The highest BCUT2D eigenvalue weighted by atomic mass is 19.1. The molecule has 0 spiro atoms. The van der Waals surface area contributed by atoms with Crippen LogP contribution >= 0.6 is 0 Å². The summed E-state index contributed by atoms with van der Waals surface area (Å²) in [6.45, 7) is 3.91. The Hall–Kier alpha value is -1.74. The Kier molecular flexibility index (Phi) is 3.72. The van der Waals surface area contributed by atoms with Crippen molar-refractivity contribution in [3.8, 4) is 0 Å². The highest BCUT2D eigenvalue weighted by Gasteiger charge is 2.16. The summed E-state index contributed by atoms with van der Waals surface area (Å²) in [7, 11) is 1.90. The van der Waals surface area contributed by atoms with Gasteiger partial charge in [-0.05, 0) is 55.8 Å². The molecule has 2 nitrogen and oxygen atoms in total. The number of rotatable bonds is 3. The van der Waals surface area contributed by atoms with Crippen molar-refractivity contribution in [2.24, 2.45) is 0 Å². The molecule has 1 heterocycles. The topological polar surface area (TPSA) is 24.9 Å². The van der Waals surface area contributed by atoms with Gasteiger partial charge in [-0.2, -0.15) is 0 Å². The summed E-state index contributed by atoms with van der Waals surface area (Å²) >= 11 is 0. The number of aryl methyl sites for hydroxylation is 2. The highest BCUT2D eigenvalue weighted by Crippen LogP contribution is 2.26. The van der Waals surface area contributed by atoms with E-state index < -0.39 is 0 Å². The molecule has 2 rings (SSSR count). The van der Waals surface area contributed by atoms with Crippen molar-refractivity contribution in [2.75, 3.05) is 7.05 Å². The van der Waals surface area contributed by atoms with Crippen molar-refractivity contribution in [1.29, 1.82) is 0 Å². The SMILES string of the molecule is CNC(c1ccc(F)cc1C)c1cccnc1C. The second-order valence-electron chi connectivity index (χ2n) is 4.40. The van der Waals surface area contributed by atoms with E-state index in [0.717, 1.165) is 22.4 Å². The first-order valence-corrected chi connectivity index (χ1v) is 5.98. The molecule has 18 heavy (non-hydrogen) atoms. The van der Waals surface area contributed by atoms with Gasteiger partial charge in [0.2, 0.25) is 0 Å². The Labute approximate surface area is 107 Å². The summed E-state index contributed by atoms with van der Waals surface area (Å²) < 4.78 is 13.2. The van der Waals surface area contributed by atoms with Gasteiger partial charge in [-0.1, -0.05) is 12.1 Å². The first-order valence-electron chi connectivity index (χ1n) is 5.98. The van der Waals surface area contributed by atoms with E-state index in [-0.39, 0.29) is 11.9 Å². The Morgan fingerprint density at radius 3 is 2.56 bits per heavy atom. The molecule has 3 heteroatoms. The first kappa shape index (κ1) is 12.7. The molecule has 0 amide bonds. The molecule has 1 aromatic carbocycles. The first-order chi connectivity index (χ1) is 8.63. The molecule has 0 aliphatic carbocycles. The minimum absolute atomic E-state index is 0.0410. The van der Waals surface area contributed by atoms with Crippen LogP contribution in [0.2, 0.25) is 0 Å². The van der Waals surface area contributed by atoms with Crippen LogP contribution in [-0.2, 0) is 0 Å². The summed E-state index contributed by atoms with van der Waals surface area (Å²) in [5.74, 6) is -0.200. The number of hydrogen-bond acceptors (Lipinski definition) is 2. The van der Waals surface area contributed by atoms with E-state index in [4.69, 9.17) is 0 Å². The summed E-state index contributed by atoms with van der Waals surface area (Å²) in [6.07, 6.45) is 1.78. The molecule has 1 unspecified atom stereocenters. The quantitative estimate of drug-likeness (QED) is 0.897. The van der Waals surface area contributed by atoms with Crippen LogP contribution in [0.5, 0.6) is 0 Å². The van der Waals surface area contributed by atoms with Crippen molar-refractivity contribution in [1.82, 2.24) is 10.3 Å². The number of halogens is 1. The van der Waals surface area contributed by atoms with E-state index in [1.165, 1.54) is 6.07 Å². The lowest BCUT2D eigenvalue weighted by molar-refractivity contribution is 0.620. The molecule has 0 radical (unpaired) electrons. The zero-order chi connectivity index (χ0) is 13.1. The van der Waals surface area contributed by atoms with Crippen LogP contribution in [0.25, 0.3) is 0 Å². The Morgan fingerprint density at radius 1 is 1.17 bits per heavy atom. The van der Waals surface area contributed by atoms with Gasteiger partial charge in [-0.15, -0.1) is 0 Å². The lowest BCUT2D eigenvalue weighted by Crippen LogP contribution is -2.20. The van der Waals surface area contributed by atoms with Gasteiger partial charge in [0.05, 0.1) is 6.04 Å². The smallest absolute Gasteiger partial charge is 0.123 e. The molecule has 0 bridgehead atoms. The number of nitrogens with zero attached hydrogens (tertiary/aromatic N) is 1. The fraction of sp³-hybridized carbons (Fsp3) is 0.267. The van der Waals surface area contributed by atoms with Crippen LogP contribution < -0.4 is 5.32 Å². The van der Waals surface area contributed by atoms with Gasteiger partial charge in [-0.3, -0.25) is 4.98 Å². The predicted molar refractivity (Wildman–Crippen MR) is 71.0 cm³/mol. The van der Waals surface area contributed by atoms with Gasteiger partial charge < -0.3 is 5.32 Å². The monoisotopic (exact) mass is 244 g/mol. The fourth-order valence-corrected chi connectivity index (χ4v) is 2.24. The lowest BCUT2D eigenvalue weighted by atomic mass is 9.94. The van der Waals surface area contributed by atoms with Gasteiger partial charge in [0.1, 0.15) is 5.82 Å². The number of nitrogens with one attached hydrogen (secondary N) is 1. The minimum Gasteiger partial charge on any atom is -0.309 e. The zero-order valence-electron chi connectivity index (χ0n) is 10.9. The Balaban J connectivity index is 2.49. The van der Waals surface area contributed by atoms with Crippen molar-refractivity contribution >= 4 is 0 Å². The molecule has 0 aliphatic heterocycles. The fourth-order valence-electron chi connectivity index (χ4n) is 2.24. The lowest BCUT2D eigenvalue weighted by Gasteiger charge is -2.20. The average molecular weight is 244 g/mol. The van der Waals surface area contributed by atoms with Gasteiger partial charge >= 0.3 is 0 Å². The van der Waals surface area contributed by atoms with Crippen LogP contribution in [0.4, 0.5) is 4.39 Å². The van der Waals surface area contributed by atoms with E-state index in [1.54, 1.807) is 12.3 Å². The van der Waals surface area contributed by atoms with Crippen LogP contribution in [0.3, 0.4) is 0 Å². The van der Waals surface area contributed by atoms with Crippen molar-refractivity contribution in [3.63, 3.8) is 0 Å². The molecule has 0 aliphatic rings. The molecule has 1 N–H and O–H groups in total. The molecular formula is C15H17FN2. The third-order valence-corrected chi connectivity index (χ3v) is 3.19. The maximum Gasteiger partial charge on any atom is 0.123 e. The Bertz CT molecular complexity index is 552. The molecule has 1 atom stereocenters. The maximum absolute atomic E-state index is 13.2. The van der Waals surface area contributed by atoms with Crippen molar-refractivity contribution in [3.05, 3.63) is 64.7 Å². The molecule has 0 fully saturated rings. The number of aromatic nitrogens is 1. The van der Waals surface area contributed by atoms with Crippen molar-refractivity contribution < 1.29 is 4.39 Å². The number of pyridine rings is 1. The zero-order valence-corrected chi connectivity index (χ0v) is 10.9. The van der Waals surface area contributed by atoms with Gasteiger partial charge in [0.25, 0.3) is 0 Å². The summed E-state index contributed by atoms with van der Waals surface area (Å²) in [5, 5.41) is 3.27. The van der Waals surface area contributed by atoms with E-state index in [0.29, 0.717) is 0 Å². The summed E-state index contributed by atoms with van der Waals surface area (Å²) in [4.78, 5) is 4.31. The van der Waals surface area contributed by atoms with Gasteiger partial charge in [0.15, 0.2) is 0 Å².